The summed E-state index contributed by atoms with van der Waals surface area (Å²) >= 11 is 5.91. The molecule has 18 heavy (non-hydrogen) atoms. The first-order valence-electron chi connectivity index (χ1n) is 5.62. The lowest BCUT2D eigenvalue weighted by Gasteiger charge is -1.99. The molecule has 1 aliphatic rings. The Labute approximate surface area is 110 Å². The van der Waals surface area contributed by atoms with Crippen molar-refractivity contribution in [2.45, 2.75) is 0 Å². The van der Waals surface area contributed by atoms with Crippen molar-refractivity contribution in [3.05, 3.63) is 64.7 Å². The molecule has 88 valence electrons. The molecule has 0 unspecified atom stereocenters. The van der Waals surface area contributed by atoms with Crippen LogP contribution in [0.15, 0.2) is 48.5 Å². The summed E-state index contributed by atoms with van der Waals surface area (Å²) in [6.45, 7) is 0. The van der Waals surface area contributed by atoms with E-state index in [0.717, 1.165) is 16.8 Å². The van der Waals surface area contributed by atoms with E-state index in [4.69, 9.17) is 11.6 Å². The van der Waals surface area contributed by atoms with E-state index in [9.17, 15) is 4.79 Å². The van der Waals surface area contributed by atoms with Gasteiger partial charge in [-0.1, -0.05) is 48.0 Å². The fourth-order valence-electron chi connectivity index (χ4n) is 2.03. The average Bonchev–Trinajstić information content (AvgIpc) is 2.66. The highest BCUT2D eigenvalue weighted by molar-refractivity contribution is 6.36. The van der Waals surface area contributed by atoms with Crippen molar-refractivity contribution in [3.8, 4) is 0 Å². The fourth-order valence-corrected chi connectivity index (χ4v) is 2.20. The minimum Gasteiger partial charge on any atom is -0.321 e. The number of halogens is 1. The monoisotopic (exact) mass is 255 g/mol. The van der Waals surface area contributed by atoms with E-state index in [1.54, 1.807) is 12.1 Å². The summed E-state index contributed by atoms with van der Waals surface area (Å²) in [5.74, 6) is -0.0869. The van der Waals surface area contributed by atoms with E-state index in [2.05, 4.69) is 5.32 Å². The lowest BCUT2D eigenvalue weighted by Crippen LogP contribution is -2.03. The van der Waals surface area contributed by atoms with Crippen molar-refractivity contribution in [2.75, 3.05) is 5.32 Å². The minimum atomic E-state index is -0.0869. The molecule has 1 N–H and O–H groups in total. The summed E-state index contributed by atoms with van der Waals surface area (Å²) in [5, 5.41) is 3.44. The first kappa shape index (κ1) is 11.1. The Balaban J connectivity index is 2.10. The number of anilines is 1. The van der Waals surface area contributed by atoms with Crippen LogP contribution in [0.1, 0.15) is 11.1 Å². The Bertz CT molecular complexity index is 647. The van der Waals surface area contributed by atoms with Gasteiger partial charge in [-0.2, -0.15) is 0 Å². The third kappa shape index (κ3) is 1.91. The first-order valence-corrected chi connectivity index (χ1v) is 6.00. The van der Waals surface area contributed by atoms with Crippen LogP contribution in [0.2, 0.25) is 5.02 Å². The zero-order chi connectivity index (χ0) is 12.5. The van der Waals surface area contributed by atoms with E-state index < -0.39 is 0 Å². The molecule has 0 saturated heterocycles. The summed E-state index contributed by atoms with van der Waals surface area (Å²) in [6.07, 6.45) is 1.88. The highest BCUT2D eigenvalue weighted by Crippen LogP contribution is 2.34. The van der Waals surface area contributed by atoms with Crippen LogP contribution >= 0.6 is 11.6 Å². The Kier molecular flexibility index (Phi) is 2.65. The van der Waals surface area contributed by atoms with Gasteiger partial charge < -0.3 is 5.32 Å². The van der Waals surface area contributed by atoms with E-state index in [1.807, 2.05) is 42.5 Å². The van der Waals surface area contributed by atoms with Crippen LogP contribution in [-0.2, 0) is 4.79 Å². The number of hydrogen-bond acceptors (Lipinski definition) is 1. The Morgan fingerprint density at radius 3 is 2.61 bits per heavy atom. The second-order valence-corrected chi connectivity index (χ2v) is 4.55. The predicted octanol–water partition coefficient (Wildman–Crippen LogP) is 3.83. The number of nitrogens with one attached hydrogen (secondary N) is 1. The second kappa shape index (κ2) is 4.31. The van der Waals surface area contributed by atoms with Crippen LogP contribution in [-0.4, -0.2) is 5.91 Å². The van der Waals surface area contributed by atoms with Crippen LogP contribution in [0.3, 0.4) is 0 Å². The number of fused-ring (bicyclic) bond motifs is 1. The summed E-state index contributed by atoms with van der Waals surface area (Å²) < 4.78 is 0. The number of amides is 1. The fraction of sp³-hybridized carbons (Fsp3) is 0. The van der Waals surface area contributed by atoms with Crippen molar-refractivity contribution in [1.82, 2.24) is 0 Å². The summed E-state index contributed by atoms with van der Waals surface area (Å²) in [7, 11) is 0. The van der Waals surface area contributed by atoms with Gasteiger partial charge in [-0.15, -0.1) is 0 Å². The molecule has 0 aliphatic carbocycles. The van der Waals surface area contributed by atoms with Crippen LogP contribution in [0.5, 0.6) is 0 Å². The summed E-state index contributed by atoms with van der Waals surface area (Å²) in [6, 6.07) is 15.2. The molecule has 1 aliphatic heterocycles. The SMILES string of the molecule is O=C1Nc2cc(Cl)ccc2/C1=C\c1ccccc1. The molecule has 0 spiro atoms. The minimum absolute atomic E-state index is 0.0869. The van der Waals surface area contributed by atoms with Gasteiger partial charge in [-0.3, -0.25) is 4.79 Å². The molecule has 1 heterocycles. The van der Waals surface area contributed by atoms with Crippen LogP contribution < -0.4 is 5.32 Å². The topological polar surface area (TPSA) is 29.1 Å². The normalized spacial score (nSPS) is 15.6. The molecule has 1 amide bonds. The number of rotatable bonds is 1. The van der Waals surface area contributed by atoms with Crippen LogP contribution in [0, 0.1) is 0 Å². The van der Waals surface area contributed by atoms with Gasteiger partial charge in [-0.25, -0.2) is 0 Å². The highest BCUT2D eigenvalue weighted by Gasteiger charge is 2.23. The van der Waals surface area contributed by atoms with Crippen molar-refractivity contribution in [2.24, 2.45) is 0 Å². The number of benzene rings is 2. The molecule has 2 aromatic rings. The van der Waals surface area contributed by atoms with E-state index in [-0.39, 0.29) is 5.91 Å². The van der Waals surface area contributed by atoms with Gasteiger partial charge in [0.2, 0.25) is 0 Å². The predicted molar refractivity (Wildman–Crippen MR) is 74.4 cm³/mol. The number of hydrogen-bond donors (Lipinski definition) is 1. The number of carbonyl (C=O) groups is 1. The third-order valence-electron chi connectivity index (χ3n) is 2.88. The van der Waals surface area contributed by atoms with Gasteiger partial charge in [-0.05, 0) is 23.8 Å². The van der Waals surface area contributed by atoms with Crippen molar-refractivity contribution >= 4 is 34.8 Å². The molecule has 0 saturated carbocycles. The van der Waals surface area contributed by atoms with Crippen molar-refractivity contribution in [1.29, 1.82) is 0 Å². The van der Waals surface area contributed by atoms with E-state index >= 15 is 0 Å². The van der Waals surface area contributed by atoms with Crippen LogP contribution in [0.25, 0.3) is 11.6 Å². The molecule has 0 radical (unpaired) electrons. The molecule has 2 aromatic carbocycles. The summed E-state index contributed by atoms with van der Waals surface area (Å²) in [5.41, 5.74) is 3.35. The van der Waals surface area contributed by atoms with E-state index in [0.29, 0.717) is 10.6 Å². The average molecular weight is 256 g/mol. The van der Waals surface area contributed by atoms with Gasteiger partial charge in [0.05, 0.1) is 5.69 Å². The van der Waals surface area contributed by atoms with Crippen LogP contribution in [0.4, 0.5) is 5.69 Å². The van der Waals surface area contributed by atoms with Gasteiger partial charge in [0.1, 0.15) is 0 Å². The van der Waals surface area contributed by atoms with Gasteiger partial charge in [0, 0.05) is 16.2 Å². The van der Waals surface area contributed by atoms with E-state index in [1.165, 1.54) is 0 Å². The molecule has 3 rings (SSSR count). The molecule has 0 fully saturated rings. The molecular formula is C15H10ClNO. The summed E-state index contributed by atoms with van der Waals surface area (Å²) in [4.78, 5) is 11.9. The zero-order valence-electron chi connectivity index (χ0n) is 9.48. The molecular weight excluding hydrogens is 246 g/mol. The molecule has 3 heteroatoms. The van der Waals surface area contributed by atoms with Gasteiger partial charge in [0.15, 0.2) is 0 Å². The van der Waals surface area contributed by atoms with Gasteiger partial charge >= 0.3 is 0 Å². The lowest BCUT2D eigenvalue weighted by molar-refractivity contribution is -0.110. The van der Waals surface area contributed by atoms with Crippen molar-refractivity contribution < 1.29 is 4.79 Å². The molecule has 0 atom stereocenters. The first-order chi connectivity index (χ1) is 8.74. The lowest BCUT2D eigenvalue weighted by atomic mass is 10.0. The van der Waals surface area contributed by atoms with Gasteiger partial charge in [0.25, 0.3) is 5.91 Å². The highest BCUT2D eigenvalue weighted by atomic mass is 35.5. The quantitative estimate of drug-likeness (QED) is 0.771. The number of carbonyl (C=O) groups excluding carboxylic acids is 1. The molecule has 0 bridgehead atoms. The third-order valence-corrected chi connectivity index (χ3v) is 3.11. The maximum Gasteiger partial charge on any atom is 0.256 e. The smallest absolute Gasteiger partial charge is 0.256 e. The van der Waals surface area contributed by atoms with Crippen molar-refractivity contribution in [3.63, 3.8) is 0 Å². The molecule has 2 nitrogen and oxygen atoms in total. The zero-order valence-corrected chi connectivity index (χ0v) is 10.2. The largest absolute Gasteiger partial charge is 0.321 e. The Morgan fingerprint density at radius 2 is 1.83 bits per heavy atom. The second-order valence-electron chi connectivity index (χ2n) is 4.11. The maximum absolute atomic E-state index is 11.9. The Hall–Kier alpha value is -2.06. The maximum atomic E-state index is 11.9. The molecule has 0 aromatic heterocycles. The standard InChI is InChI=1S/C15H10ClNO/c16-11-6-7-12-13(15(18)17-14(12)9-11)8-10-4-2-1-3-5-10/h1-9H,(H,17,18)/b13-8+. The Morgan fingerprint density at radius 1 is 1.06 bits per heavy atom.